The monoisotopic (exact) mass is 455 g/mol. The van der Waals surface area contributed by atoms with E-state index in [1.807, 2.05) is 4.90 Å². The lowest BCUT2D eigenvalue weighted by molar-refractivity contribution is -0.109. The van der Waals surface area contributed by atoms with Crippen LogP contribution in [0.25, 0.3) is 0 Å². The van der Waals surface area contributed by atoms with E-state index >= 15 is 0 Å². The SMILES string of the molecule is CCCCN(CCCC)CCCN(C=C1C(=O)C(C)=NC=C1CO)c1ccccc1C(=O)O. The number of nitrogens with zero attached hydrogens (tertiary/aromatic N) is 3. The molecule has 180 valence electrons. The highest BCUT2D eigenvalue weighted by atomic mass is 16.4. The second-order valence-electron chi connectivity index (χ2n) is 8.32. The maximum absolute atomic E-state index is 12.8. The number of aliphatic hydroxyl groups is 1. The molecule has 2 rings (SSSR count). The van der Waals surface area contributed by atoms with Crippen molar-refractivity contribution in [1.29, 1.82) is 0 Å². The van der Waals surface area contributed by atoms with E-state index in [1.165, 1.54) is 6.20 Å². The standard InChI is InChI=1S/C26H37N3O4/c1-4-6-13-28(14-7-5-2)15-10-16-29(24-12-9-8-11-22(24)26(32)33)18-23-21(19-30)17-27-20(3)25(23)31/h8-9,11-12,17-18,30H,4-7,10,13-16,19H2,1-3H3,(H,32,33). The molecule has 0 aromatic heterocycles. The van der Waals surface area contributed by atoms with Gasteiger partial charge in [0.05, 0.1) is 23.6 Å². The number of unbranched alkanes of at least 4 members (excludes halogenated alkanes) is 2. The van der Waals surface area contributed by atoms with Crippen molar-refractivity contribution >= 4 is 23.2 Å². The van der Waals surface area contributed by atoms with Crippen molar-refractivity contribution in [2.24, 2.45) is 4.99 Å². The summed E-state index contributed by atoms with van der Waals surface area (Å²) in [5.74, 6) is -1.28. The van der Waals surface area contributed by atoms with Crippen molar-refractivity contribution in [2.75, 3.05) is 37.7 Å². The van der Waals surface area contributed by atoms with Crippen molar-refractivity contribution in [2.45, 2.75) is 52.9 Å². The topological polar surface area (TPSA) is 93.4 Å². The molecule has 0 radical (unpaired) electrons. The molecule has 7 heteroatoms. The summed E-state index contributed by atoms with van der Waals surface area (Å²) in [5.41, 5.74) is 1.81. The Kier molecular flexibility index (Phi) is 11.0. The number of carbonyl (C=O) groups is 2. The van der Waals surface area contributed by atoms with E-state index in [2.05, 4.69) is 23.7 Å². The molecule has 0 aliphatic carbocycles. The van der Waals surface area contributed by atoms with Crippen LogP contribution in [-0.2, 0) is 4.79 Å². The van der Waals surface area contributed by atoms with Gasteiger partial charge in [-0.25, -0.2) is 4.79 Å². The van der Waals surface area contributed by atoms with Crippen LogP contribution >= 0.6 is 0 Å². The van der Waals surface area contributed by atoms with Gasteiger partial charge in [0.1, 0.15) is 0 Å². The predicted molar refractivity (Wildman–Crippen MR) is 133 cm³/mol. The number of Topliss-reactive ketones (excluding diaryl/α,β-unsaturated/α-hetero) is 1. The lowest BCUT2D eigenvalue weighted by Crippen LogP contribution is -2.31. The summed E-state index contributed by atoms with van der Waals surface area (Å²) in [6, 6.07) is 6.80. The Bertz CT molecular complexity index is 897. The highest BCUT2D eigenvalue weighted by Crippen LogP contribution is 2.25. The molecule has 7 nitrogen and oxygen atoms in total. The number of ketones is 1. The number of carbonyl (C=O) groups excluding carboxylic acids is 1. The molecule has 1 heterocycles. The lowest BCUT2D eigenvalue weighted by atomic mass is 9.98. The summed E-state index contributed by atoms with van der Waals surface area (Å²) in [5, 5.41) is 19.5. The molecule has 33 heavy (non-hydrogen) atoms. The van der Waals surface area contributed by atoms with Gasteiger partial charge in [0, 0.05) is 30.1 Å². The van der Waals surface area contributed by atoms with Gasteiger partial charge >= 0.3 is 5.97 Å². The molecule has 1 aromatic rings. The van der Waals surface area contributed by atoms with Gasteiger partial charge in [-0.2, -0.15) is 0 Å². The van der Waals surface area contributed by atoms with E-state index in [9.17, 15) is 19.8 Å². The van der Waals surface area contributed by atoms with Gasteiger partial charge in [0.15, 0.2) is 0 Å². The van der Waals surface area contributed by atoms with E-state index in [0.29, 0.717) is 29.1 Å². The molecule has 0 unspecified atom stereocenters. The van der Waals surface area contributed by atoms with Crippen LogP contribution in [0.2, 0.25) is 0 Å². The number of anilines is 1. The summed E-state index contributed by atoms with van der Waals surface area (Å²) in [6.07, 6.45) is 8.57. The Morgan fingerprint density at radius 3 is 2.27 bits per heavy atom. The van der Waals surface area contributed by atoms with Crippen molar-refractivity contribution in [3.8, 4) is 0 Å². The molecule has 0 atom stereocenters. The third-order valence-electron chi connectivity index (χ3n) is 5.76. The molecule has 0 saturated carbocycles. The van der Waals surface area contributed by atoms with Crippen LogP contribution in [0.15, 0.2) is 52.8 Å². The number of carboxylic acid groups (broad SMARTS) is 1. The van der Waals surface area contributed by atoms with Crippen LogP contribution in [0, 0.1) is 0 Å². The minimum absolute atomic E-state index is 0.173. The first-order valence-electron chi connectivity index (χ1n) is 11.8. The van der Waals surface area contributed by atoms with Gasteiger partial charge < -0.3 is 20.0 Å². The van der Waals surface area contributed by atoms with Gasteiger partial charge in [-0.15, -0.1) is 0 Å². The van der Waals surface area contributed by atoms with Gasteiger partial charge in [-0.05, 0) is 58.0 Å². The summed E-state index contributed by atoms with van der Waals surface area (Å²) >= 11 is 0. The normalized spacial score (nSPS) is 15.1. The van der Waals surface area contributed by atoms with Crippen LogP contribution in [0.3, 0.4) is 0 Å². The van der Waals surface area contributed by atoms with Crippen LogP contribution in [0.5, 0.6) is 0 Å². The van der Waals surface area contributed by atoms with E-state index in [4.69, 9.17) is 0 Å². The van der Waals surface area contributed by atoms with Crippen LogP contribution < -0.4 is 4.90 Å². The molecule has 0 spiro atoms. The van der Waals surface area contributed by atoms with Crippen molar-refractivity contribution in [3.63, 3.8) is 0 Å². The molecule has 0 saturated heterocycles. The summed E-state index contributed by atoms with van der Waals surface area (Å²) in [6.45, 7) is 9.24. The molecule has 0 fully saturated rings. The summed E-state index contributed by atoms with van der Waals surface area (Å²) in [7, 11) is 0. The lowest BCUT2D eigenvalue weighted by Gasteiger charge is -2.27. The zero-order valence-corrected chi connectivity index (χ0v) is 20.1. The Hall–Kier alpha value is -2.77. The molecule has 0 amide bonds. The number of aliphatic imine (C=N–C) groups is 1. The van der Waals surface area contributed by atoms with E-state index in [0.717, 1.165) is 51.7 Å². The summed E-state index contributed by atoms with van der Waals surface area (Å²) in [4.78, 5) is 33.0. The largest absolute Gasteiger partial charge is 0.478 e. The highest BCUT2D eigenvalue weighted by molar-refractivity contribution is 6.46. The number of rotatable bonds is 14. The third-order valence-corrected chi connectivity index (χ3v) is 5.76. The van der Waals surface area contributed by atoms with Gasteiger partial charge in [-0.1, -0.05) is 38.8 Å². The first-order chi connectivity index (χ1) is 15.9. The van der Waals surface area contributed by atoms with Crippen molar-refractivity contribution < 1.29 is 19.8 Å². The fourth-order valence-electron chi connectivity index (χ4n) is 3.79. The van der Waals surface area contributed by atoms with Crippen molar-refractivity contribution in [1.82, 2.24) is 4.90 Å². The smallest absolute Gasteiger partial charge is 0.337 e. The third kappa shape index (κ3) is 7.65. The number of aromatic carboxylic acids is 1. The number of benzene rings is 1. The van der Waals surface area contributed by atoms with Crippen LogP contribution in [0.1, 0.15) is 63.2 Å². The van der Waals surface area contributed by atoms with Crippen molar-refractivity contribution in [3.05, 3.63) is 53.4 Å². The molecule has 1 aromatic carbocycles. The fourth-order valence-corrected chi connectivity index (χ4v) is 3.79. The first kappa shape index (κ1) is 26.5. The molecule has 1 aliphatic heterocycles. The Morgan fingerprint density at radius 2 is 1.67 bits per heavy atom. The molecular weight excluding hydrogens is 418 g/mol. The van der Waals surface area contributed by atoms with Gasteiger partial charge in [0.2, 0.25) is 5.78 Å². The van der Waals surface area contributed by atoms with E-state index in [-0.39, 0.29) is 18.0 Å². The first-order valence-corrected chi connectivity index (χ1v) is 11.8. The maximum atomic E-state index is 12.8. The Labute approximate surface area is 197 Å². The number of hydrogen-bond donors (Lipinski definition) is 2. The number of carboxylic acids is 1. The zero-order valence-electron chi connectivity index (χ0n) is 20.1. The summed E-state index contributed by atoms with van der Waals surface area (Å²) < 4.78 is 0. The zero-order chi connectivity index (χ0) is 24.2. The fraction of sp³-hybridized carbons (Fsp3) is 0.500. The average molecular weight is 456 g/mol. The second kappa shape index (κ2) is 13.7. The Morgan fingerprint density at radius 1 is 1.03 bits per heavy atom. The number of aliphatic hydroxyl groups excluding tert-OH is 1. The van der Waals surface area contributed by atoms with Crippen LogP contribution in [0.4, 0.5) is 5.69 Å². The molecule has 1 aliphatic rings. The van der Waals surface area contributed by atoms with E-state index in [1.54, 1.807) is 37.4 Å². The van der Waals surface area contributed by atoms with Gasteiger partial charge in [0.25, 0.3) is 0 Å². The second-order valence-corrected chi connectivity index (χ2v) is 8.32. The van der Waals surface area contributed by atoms with Gasteiger partial charge in [-0.3, -0.25) is 9.79 Å². The van der Waals surface area contributed by atoms with E-state index < -0.39 is 5.97 Å². The average Bonchev–Trinajstić information content (AvgIpc) is 2.82. The quantitative estimate of drug-likeness (QED) is 0.407. The highest BCUT2D eigenvalue weighted by Gasteiger charge is 2.23. The van der Waals surface area contributed by atoms with Crippen LogP contribution in [-0.4, -0.2) is 65.4 Å². The predicted octanol–water partition coefficient (Wildman–Crippen LogP) is 4.29. The number of hydrogen-bond acceptors (Lipinski definition) is 6. The number of para-hydroxylation sites is 1. The maximum Gasteiger partial charge on any atom is 0.337 e. The molecule has 0 bridgehead atoms. The molecule has 2 N–H and O–H groups in total. The molecular formula is C26H37N3O4. The Balaban J connectivity index is 2.33. The minimum atomic E-state index is -1.02. The minimum Gasteiger partial charge on any atom is -0.478 e.